The predicted octanol–water partition coefficient (Wildman–Crippen LogP) is 4.26. The van der Waals surface area contributed by atoms with Crippen LogP contribution < -0.4 is 11.1 Å². The Morgan fingerprint density at radius 2 is 1.79 bits per heavy atom. The highest BCUT2D eigenvalue weighted by Crippen LogP contribution is 2.26. The van der Waals surface area contributed by atoms with Gasteiger partial charge in [-0.15, -0.1) is 0 Å². The van der Waals surface area contributed by atoms with Crippen molar-refractivity contribution in [2.75, 3.05) is 24.1 Å². The minimum atomic E-state index is 0.0342. The first-order valence-electron chi connectivity index (χ1n) is 9.38. The number of rotatable bonds is 6. The van der Waals surface area contributed by atoms with Crippen molar-refractivity contribution in [3.05, 3.63) is 65.9 Å². The first-order chi connectivity index (χ1) is 13.5. The third kappa shape index (κ3) is 4.11. The van der Waals surface area contributed by atoms with Gasteiger partial charge >= 0.3 is 0 Å². The summed E-state index contributed by atoms with van der Waals surface area (Å²) in [6.07, 6.45) is 1.71. The highest BCUT2D eigenvalue weighted by atomic mass is 16.2. The normalized spacial score (nSPS) is 10.5. The summed E-state index contributed by atoms with van der Waals surface area (Å²) in [4.78, 5) is 23.1. The average molecular weight is 375 g/mol. The van der Waals surface area contributed by atoms with Gasteiger partial charge in [-0.1, -0.05) is 12.1 Å². The molecule has 1 aromatic heterocycles. The number of nitrogens with two attached hydrogens (primary N) is 1. The first kappa shape index (κ1) is 19.4. The molecule has 1 amide bonds. The summed E-state index contributed by atoms with van der Waals surface area (Å²) >= 11 is 0. The average Bonchev–Trinajstić information content (AvgIpc) is 2.71. The highest BCUT2D eigenvalue weighted by molar-refractivity contribution is 5.94. The maximum atomic E-state index is 12.4. The molecule has 0 radical (unpaired) electrons. The Morgan fingerprint density at radius 1 is 1.07 bits per heavy atom. The lowest BCUT2D eigenvalue weighted by atomic mass is 10.0. The molecule has 0 aliphatic rings. The van der Waals surface area contributed by atoms with Crippen LogP contribution in [0.1, 0.15) is 29.8 Å². The number of aromatic nitrogens is 2. The number of nitrogens with zero attached hydrogens (tertiary/aromatic N) is 3. The Bertz CT molecular complexity index is 965. The number of nitrogen functional groups attached to an aromatic ring is 1. The van der Waals surface area contributed by atoms with E-state index in [4.69, 9.17) is 5.73 Å². The van der Waals surface area contributed by atoms with Crippen molar-refractivity contribution in [2.45, 2.75) is 20.8 Å². The zero-order valence-electron chi connectivity index (χ0n) is 16.4. The van der Waals surface area contributed by atoms with Gasteiger partial charge in [0.1, 0.15) is 0 Å². The molecule has 0 saturated heterocycles. The molecule has 3 aromatic rings. The molecule has 0 saturated carbocycles. The van der Waals surface area contributed by atoms with Crippen LogP contribution in [0.2, 0.25) is 0 Å². The van der Waals surface area contributed by atoms with E-state index in [2.05, 4.69) is 15.3 Å². The van der Waals surface area contributed by atoms with Crippen LogP contribution in [0.15, 0.2) is 54.7 Å². The van der Waals surface area contributed by atoms with Crippen LogP contribution in [0.5, 0.6) is 0 Å². The Labute approximate surface area is 165 Å². The molecule has 0 unspecified atom stereocenters. The van der Waals surface area contributed by atoms with Crippen LogP contribution in [-0.2, 0) is 0 Å². The van der Waals surface area contributed by atoms with Gasteiger partial charge in [-0.25, -0.2) is 9.97 Å². The molecule has 28 heavy (non-hydrogen) atoms. The van der Waals surface area contributed by atoms with E-state index in [0.717, 1.165) is 28.2 Å². The number of anilines is 3. The number of amides is 1. The molecule has 0 fully saturated rings. The van der Waals surface area contributed by atoms with Crippen molar-refractivity contribution in [3.63, 3.8) is 0 Å². The molecule has 0 aliphatic carbocycles. The lowest BCUT2D eigenvalue weighted by Crippen LogP contribution is -2.30. The lowest BCUT2D eigenvalue weighted by Gasteiger charge is -2.18. The second kappa shape index (κ2) is 8.52. The molecule has 0 aliphatic heterocycles. The van der Waals surface area contributed by atoms with Gasteiger partial charge in [0.15, 0.2) is 0 Å². The van der Waals surface area contributed by atoms with E-state index in [-0.39, 0.29) is 5.91 Å². The third-order valence-corrected chi connectivity index (χ3v) is 4.75. The number of benzene rings is 2. The number of hydrogen-bond acceptors (Lipinski definition) is 5. The summed E-state index contributed by atoms with van der Waals surface area (Å²) in [7, 11) is 0. The second-order valence-corrected chi connectivity index (χ2v) is 6.47. The molecule has 6 heteroatoms. The Kier molecular flexibility index (Phi) is 5.89. The Hall–Kier alpha value is -3.41. The van der Waals surface area contributed by atoms with Gasteiger partial charge in [-0.05, 0) is 62.7 Å². The monoisotopic (exact) mass is 375 g/mol. The van der Waals surface area contributed by atoms with Crippen molar-refractivity contribution in [1.82, 2.24) is 14.9 Å². The van der Waals surface area contributed by atoms with E-state index < -0.39 is 0 Å². The predicted molar refractivity (Wildman–Crippen MR) is 114 cm³/mol. The largest absolute Gasteiger partial charge is 0.398 e. The molecule has 3 N–H and O–H groups in total. The van der Waals surface area contributed by atoms with Crippen LogP contribution in [0.4, 0.5) is 17.3 Å². The third-order valence-electron chi connectivity index (χ3n) is 4.75. The number of carbonyl (C=O) groups excluding carboxylic acids is 1. The van der Waals surface area contributed by atoms with E-state index in [0.29, 0.717) is 24.6 Å². The van der Waals surface area contributed by atoms with Crippen molar-refractivity contribution in [3.8, 4) is 11.3 Å². The number of hydrogen-bond donors (Lipinski definition) is 2. The van der Waals surface area contributed by atoms with E-state index in [1.807, 2.05) is 69.3 Å². The van der Waals surface area contributed by atoms with Gasteiger partial charge in [-0.3, -0.25) is 4.79 Å². The molecule has 0 spiro atoms. The van der Waals surface area contributed by atoms with Gasteiger partial charge in [-0.2, -0.15) is 0 Å². The molecular weight excluding hydrogens is 350 g/mol. The topological polar surface area (TPSA) is 84.1 Å². The van der Waals surface area contributed by atoms with Crippen molar-refractivity contribution in [2.24, 2.45) is 0 Å². The van der Waals surface area contributed by atoms with Gasteiger partial charge < -0.3 is 16.0 Å². The zero-order chi connectivity index (χ0) is 20.1. The fraction of sp³-hybridized carbons (Fsp3) is 0.227. The molecule has 144 valence electrons. The minimum absolute atomic E-state index is 0.0342. The first-order valence-corrected chi connectivity index (χ1v) is 9.38. The van der Waals surface area contributed by atoms with Crippen LogP contribution in [0.3, 0.4) is 0 Å². The summed E-state index contributed by atoms with van der Waals surface area (Å²) < 4.78 is 0. The van der Waals surface area contributed by atoms with Crippen LogP contribution >= 0.6 is 0 Å². The molecule has 6 nitrogen and oxygen atoms in total. The van der Waals surface area contributed by atoms with Gasteiger partial charge in [0.05, 0.1) is 5.69 Å². The van der Waals surface area contributed by atoms with Crippen LogP contribution in [-0.4, -0.2) is 33.9 Å². The smallest absolute Gasteiger partial charge is 0.253 e. The lowest BCUT2D eigenvalue weighted by molar-refractivity contribution is 0.0773. The molecule has 0 bridgehead atoms. The SMILES string of the molecule is CCN(CC)C(=O)c1ccc(Nc2nccc(-c3cccc(N)c3C)n2)cc1. The van der Waals surface area contributed by atoms with Crippen LogP contribution in [0, 0.1) is 6.92 Å². The Morgan fingerprint density at radius 3 is 2.46 bits per heavy atom. The quantitative estimate of drug-likeness (QED) is 0.629. The summed E-state index contributed by atoms with van der Waals surface area (Å²) in [6, 6.07) is 15.0. The summed E-state index contributed by atoms with van der Waals surface area (Å²) in [5.74, 6) is 0.522. The van der Waals surface area contributed by atoms with E-state index >= 15 is 0 Å². The molecule has 3 rings (SSSR count). The summed E-state index contributed by atoms with van der Waals surface area (Å²) in [6.45, 7) is 7.32. The van der Waals surface area contributed by atoms with Gasteiger partial charge in [0, 0.05) is 41.8 Å². The van der Waals surface area contributed by atoms with E-state index in [1.54, 1.807) is 11.1 Å². The zero-order valence-corrected chi connectivity index (χ0v) is 16.4. The number of carbonyl (C=O) groups is 1. The minimum Gasteiger partial charge on any atom is -0.398 e. The second-order valence-electron chi connectivity index (χ2n) is 6.47. The van der Waals surface area contributed by atoms with E-state index in [1.165, 1.54) is 0 Å². The molecule has 2 aromatic carbocycles. The molecule has 1 heterocycles. The number of nitrogens with one attached hydrogen (secondary N) is 1. The summed E-state index contributed by atoms with van der Waals surface area (Å²) in [5, 5.41) is 3.19. The fourth-order valence-corrected chi connectivity index (χ4v) is 3.02. The van der Waals surface area contributed by atoms with Gasteiger partial charge in [0.2, 0.25) is 5.95 Å². The van der Waals surface area contributed by atoms with Crippen molar-refractivity contribution in [1.29, 1.82) is 0 Å². The standard InChI is InChI=1S/C22H25N5O/c1-4-27(5-2)21(28)16-9-11-17(12-10-16)25-22-24-14-13-20(26-22)18-7-6-8-19(23)15(18)3/h6-14H,4-5,23H2,1-3H3,(H,24,25,26). The fourth-order valence-electron chi connectivity index (χ4n) is 3.02. The van der Waals surface area contributed by atoms with E-state index in [9.17, 15) is 4.79 Å². The highest BCUT2D eigenvalue weighted by Gasteiger charge is 2.12. The van der Waals surface area contributed by atoms with Crippen molar-refractivity contribution < 1.29 is 4.79 Å². The molecule has 0 atom stereocenters. The maximum Gasteiger partial charge on any atom is 0.253 e. The maximum absolute atomic E-state index is 12.4. The van der Waals surface area contributed by atoms with Crippen LogP contribution in [0.25, 0.3) is 11.3 Å². The summed E-state index contributed by atoms with van der Waals surface area (Å²) in [5.41, 5.74) is 11.0. The molecular formula is C22H25N5O. The van der Waals surface area contributed by atoms with Crippen molar-refractivity contribution >= 4 is 23.2 Å². The van der Waals surface area contributed by atoms with Gasteiger partial charge in [0.25, 0.3) is 5.91 Å². The Balaban J connectivity index is 1.79.